The standard InChI is InChI=1S/C21H32N5O9P/c1-3-4-5-15(20(30)26-16(19(23)29)11-18(22)28)25-21(31)17(24-12(2)27)10-13-6-8-14(9-7-13)35-36(32,33)34/h6-9,15-17H,3-5,10-11H2,1-2H3,(H2,22,28)(H2,23,29)(H,24,27)(H,25,31)(H,26,30)(H2,32,33,34)/t15-,16-,17-/m0/s1. The summed E-state index contributed by atoms with van der Waals surface area (Å²) in [7, 11) is -4.74. The van der Waals surface area contributed by atoms with Gasteiger partial charge in [0.1, 0.15) is 23.9 Å². The number of carbonyl (C=O) groups is 5. The molecule has 0 aliphatic carbocycles. The number of primary amides is 2. The van der Waals surface area contributed by atoms with Crippen molar-refractivity contribution in [1.82, 2.24) is 16.0 Å². The fraction of sp³-hybridized carbons (Fsp3) is 0.476. The SMILES string of the molecule is CCCC[C@H](NC(=O)[C@H](Cc1ccc(OP(=O)(O)O)cc1)NC(C)=O)C(=O)N[C@@H](CC(N)=O)C(N)=O. The van der Waals surface area contributed by atoms with Crippen LogP contribution in [0.1, 0.15) is 45.1 Å². The summed E-state index contributed by atoms with van der Waals surface area (Å²) < 4.78 is 15.4. The Morgan fingerprint density at radius 2 is 1.50 bits per heavy atom. The highest BCUT2D eigenvalue weighted by Gasteiger charge is 2.29. The molecule has 0 saturated carbocycles. The van der Waals surface area contributed by atoms with E-state index in [0.29, 0.717) is 18.4 Å². The van der Waals surface area contributed by atoms with Crippen LogP contribution in [0.25, 0.3) is 0 Å². The van der Waals surface area contributed by atoms with E-state index in [-0.39, 0.29) is 18.6 Å². The first-order valence-electron chi connectivity index (χ1n) is 11.0. The molecule has 15 heteroatoms. The largest absolute Gasteiger partial charge is 0.524 e. The molecule has 0 aliphatic rings. The topological polar surface area (TPSA) is 240 Å². The van der Waals surface area contributed by atoms with Crippen molar-refractivity contribution in [1.29, 1.82) is 0 Å². The molecule has 5 amide bonds. The van der Waals surface area contributed by atoms with Gasteiger partial charge in [0, 0.05) is 13.3 Å². The van der Waals surface area contributed by atoms with Crippen LogP contribution >= 0.6 is 7.82 Å². The van der Waals surface area contributed by atoms with E-state index in [4.69, 9.17) is 21.3 Å². The van der Waals surface area contributed by atoms with Gasteiger partial charge in [-0.3, -0.25) is 33.8 Å². The number of carbonyl (C=O) groups excluding carboxylic acids is 5. The lowest BCUT2D eigenvalue weighted by Crippen LogP contribution is -2.57. The Morgan fingerprint density at radius 1 is 0.944 bits per heavy atom. The Hall–Kier alpha value is -3.48. The third kappa shape index (κ3) is 11.8. The molecule has 0 unspecified atom stereocenters. The monoisotopic (exact) mass is 529 g/mol. The van der Waals surface area contributed by atoms with Gasteiger partial charge in [-0.25, -0.2) is 4.57 Å². The van der Waals surface area contributed by atoms with Gasteiger partial charge in [0.2, 0.25) is 29.5 Å². The number of phosphoric ester groups is 1. The molecule has 0 aliphatic heterocycles. The van der Waals surface area contributed by atoms with Gasteiger partial charge in [0.05, 0.1) is 6.42 Å². The zero-order valence-corrected chi connectivity index (χ0v) is 20.8. The lowest BCUT2D eigenvalue weighted by atomic mass is 10.0. The van der Waals surface area contributed by atoms with E-state index in [0.717, 1.165) is 0 Å². The first-order valence-corrected chi connectivity index (χ1v) is 12.5. The Labute approximate surface area is 207 Å². The Bertz CT molecular complexity index is 996. The van der Waals surface area contributed by atoms with Crippen LogP contribution in [0.3, 0.4) is 0 Å². The van der Waals surface area contributed by atoms with Crippen molar-refractivity contribution in [3.63, 3.8) is 0 Å². The summed E-state index contributed by atoms with van der Waals surface area (Å²) in [6, 6.07) is 1.93. The van der Waals surface area contributed by atoms with Crippen molar-refractivity contribution in [2.45, 2.75) is 64.1 Å². The van der Waals surface area contributed by atoms with Crippen molar-refractivity contribution < 1.29 is 42.8 Å². The Kier molecular flexibility index (Phi) is 12.0. The number of benzene rings is 1. The predicted molar refractivity (Wildman–Crippen MR) is 127 cm³/mol. The molecule has 0 spiro atoms. The molecule has 0 saturated heterocycles. The van der Waals surface area contributed by atoms with Gasteiger partial charge in [0.15, 0.2) is 0 Å². The normalized spacial score (nSPS) is 13.6. The molecule has 36 heavy (non-hydrogen) atoms. The van der Waals surface area contributed by atoms with Crippen molar-refractivity contribution in [3.05, 3.63) is 29.8 Å². The van der Waals surface area contributed by atoms with Crippen molar-refractivity contribution in [2.24, 2.45) is 11.5 Å². The smallest absolute Gasteiger partial charge is 0.404 e. The first-order chi connectivity index (χ1) is 16.7. The Balaban J connectivity index is 3.02. The van der Waals surface area contributed by atoms with E-state index in [2.05, 4.69) is 20.5 Å². The highest BCUT2D eigenvalue weighted by Crippen LogP contribution is 2.37. The number of rotatable bonds is 15. The van der Waals surface area contributed by atoms with Crippen LogP contribution in [0.5, 0.6) is 5.75 Å². The molecule has 3 atom stereocenters. The van der Waals surface area contributed by atoms with Crippen LogP contribution in [0.4, 0.5) is 0 Å². The van der Waals surface area contributed by atoms with E-state index < -0.39 is 61.9 Å². The quantitative estimate of drug-likeness (QED) is 0.134. The van der Waals surface area contributed by atoms with Gasteiger partial charge in [-0.15, -0.1) is 0 Å². The van der Waals surface area contributed by atoms with E-state index >= 15 is 0 Å². The number of amides is 5. The number of phosphoric acid groups is 1. The molecule has 1 aromatic carbocycles. The lowest BCUT2D eigenvalue weighted by Gasteiger charge is -2.24. The van der Waals surface area contributed by atoms with Crippen LogP contribution in [0, 0.1) is 0 Å². The van der Waals surface area contributed by atoms with Gasteiger partial charge >= 0.3 is 7.82 Å². The van der Waals surface area contributed by atoms with Crippen LogP contribution in [-0.2, 0) is 35.0 Å². The van der Waals surface area contributed by atoms with Crippen molar-refractivity contribution in [2.75, 3.05) is 0 Å². The second kappa shape index (κ2) is 14.2. The molecule has 1 aromatic rings. The zero-order chi connectivity index (χ0) is 27.5. The fourth-order valence-electron chi connectivity index (χ4n) is 3.16. The molecule has 1 rings (SSSR count). The van der Waals surface area contributed by atoms with Crippen LogP contribution in [-0.4, -0.2) is 57.4 Å². The third-order valence-corrected chi connectivity index (χ3v) is 5.27. The van der Waals surface area contributed by atoms with Gasteiger partial charge in [-0.2, -0.15) is 0 Å². The number of unbranched alkanes of at least 4 members (excludes halogenated alkanes) is 1. The minimum Gasteiger partial charge on any atom is -0.404 e. The zero-order valence-electron chi connectivity index (χ0n) is 19.9. The highest BCUT2D eigenvalue weighted by atomic mass is 31.2. The number of nitrogens with two attached hydrogens (primary N) is 2. The summed E-state index contributed by atoms with van der Waals surface area (Å²) in [6.45, 7) is 3.08. The maximum Gasteiger partial charge on any atom is 0.524 e. The van der Waals surface area contributed by atoms with Gasteiger partial charge in [-0.05, 0) is 24.1 Å². The van der Waals surface area contributed by atoms with Gasteiger partial charge < -0.3 is 31.9 Å². The van der Waals surface area contributed by atoms with Crippen LogP contribution < -0.4 is 31.9 Å². The van der Waals surface area contributed by atoms with Crippen LogP contribution in [0.2, 0.25) is 0 Å². The number of hydrogen-bond acceptors (Lipinski definition) is 7. The highest BCUT2D eigenvalue weighted by molar-refractivity contribution is 7.46. The molecule has 9 N–H and O–H groups in total. The van der Waals surface area contributed by atoms with E-state index in [9.17, 15) is 28.5 Å². The number of nitrogens with one attached hydrogen (secondary N) is 3. The summed E-state index contributed by atoms with van der Waals surface area (Å²) in [4.78, 5) is 78.0. The Morgan fingerprint density at radius 3 is 1.97 bits per heavy atom. The summed E-state index contributed by atoms with van der Waals surface area (Å²) >= 11 is 0. The third-order valence-electron chi connectivity index (χ3n) is 4.83. The summed E-state index contributed by atoms with van der Waals surface area (Å²) in [5.41, 5.74) is 10.8. The molecule has 14 nitrogen and oxygen atoms in total. The average molecular weight is 529 g/mol. The molecular formula is C21H32N5O9P. The summed E-state index contributed by atoms with van der Waals surface area (Å²) in [6.07, 6.45) is 0.915. The minimum atomic E-state index is -4.74. The maximum atomic E-state index is 13.0. The molecular weight excluding hydrogens is 497 g/mol. The van der Waals surface area contributed by atoms with E-state index in [1.165, 1.54) is 31.2 Å². The van der Waals surface area contributed by atoms with Crippen molar-refractivity contribution in [3.8, 4) is 5.75 Å². The fourth-order valence-corrected chi connectivity index (χ4v) is 3.56. The minimum absolute atomic E-state index is 0.0185. The molecule has 0 radical (unpaired) electrons. The molecule has 0 bridgehead atoms. The lowest BCUT2D eigenvalue weighted by molar-refractivity contribution is -0.133. The first kappa shape index (κ1) is 30.6. The van der Waals surface area contributed by atoms with Crippen molar-refractivity contribution >= 4 is 37.4 Å². The van der Waals surface area contributed by atoms with Gasteiger partial charge in [-0.1, -0.05) is 31.9 Å². The van der Waals surface area contributed by atoms with E-state index in [1.807, 2.05) is 6.92 Å². The molecule has 0 fully saturated rings. The van der Waals surface area contributed by atoms with Crippen LogP contribution in [0.15, 0.2) is 24.3 Å². The predicted octanol–water partition coefficient (Wildman–Crippen LogP) is -1.27. The molecule has 200 valence electrons. The van der Waals surface area contributed by atoms with E-state index in [1.54, 1.807) is 0 Å². The molecule has 0 heterocycles. The second-order valence-electron chi connectivity index (χ2n) is 8.02. The second-order valence-corrected chi connectivity index (χ2v) is 9.18. The number of hydrogen-bond donors (Lipinski definition) is 7. The maximum absolute atomic E-state index is 13.0. The average Bonchev–Trinajstić information content (AvgIpc) is 2.75. The summed E-state index contributed by atoms with van der Waals surface area (Å²) in [5, 5.41) is 7.37. The summed E-state index contributed by atoms with van der Waals surface area (Å²) in [5.74, 6) is -3.86. The van der Waals surface area contributed by atoms with Gasteiger partial charge in [0.25, 0.3) is 0 Å². The molecule has 0 aromatic heterocycles.